The third kappa shape index (κ3) is 6.74. The molecule has 1 atom stereocenters. The predicted molar refractivity (Wildman–Crippen MR) is 178 cm³/mol. The number of carbonyl (C=O) groups excluding carboxylic acids is 1. The fourth-order valence-electron chi connectivity index (χ4n) is 5.29. The van der Waals surface area contributed by atoms with Gasteiger partial charge in [-0.05, 0) is 66.9 Å². The summed E-state index contributed by atoms with van der Waals surface area (Å²) < 4.78 is 52.9. The van der Waals surface area contributed by atoms with Gasteiger partial charge in [0.15, 0.2) is 4.80 Å². The van der Waals surface area contributed by atoms with E-state index in [-0.39, 0.29) is 33.0 Å². The van der Waals surface area contributed by atoms with Crippen LogP contribution in [0.15, 0.2) is 74.6 Å². The first-order chi connectivity index (χ1) is 22.8. The van der Waals surface area contributed by atoms with Crippen LogP contribution >= 0.6 is 23.1 Å². The molecular formula is C34H30F3N5O4S2. The SMILES string of the molecule is COC(=O)C1=C(C)N=c2s/c(=C/c3ccc(OC)c(CSc4nc(C(F)(F)F)cc(C)c4C#N)c3)c(=O)n2C1c1ccc(N(C)C)cc1. The Morgan fingerprint density at radius 2 is 1.85 bits per heavy atom. The molecule has 1 aliphatic rings. The second kappa shape index (κ2) is 13.7. The van der Waals surface area contributed by atoms with Crippen LogP contribution in [0.25, 0.3) is 6.08 Å². The molecule has 1 unspecified atom stereocenters. The summed E-state index contributed by atoms with van der Waals surface area (Å²) in [4.78, 5) is 37.7. The summed E-state index contributed by atoms with van der Waals surface area (Å²) >= 11 is 2.16. The van der Waals surface area contributed by atoms with Crippen LogP contribution in [-0.4, -0.2) is 43.8 Å². The van der Waals surface area contributed by atoms with E-state index < -0.39 is 23.9 Å². The van der Waals surface area contributed by atoms with Crippen molar-refractivity contribution in [2.45, 2.75) is 36.8 Å². The van der Waals surface area contributed by atoms with E-state index in [4.69, 9.17) is 9.47 Å². The number of anilines is 1. The molecule has 0 saturated heterocycles. The van der Waals surface area contributed by atoms with Crippen LogP contribution < -0.4 is 24.5 Å². The van der Waals surface area contributed by atoms with Gasteiger partial charge in [-0.2, -0.15) is 18.4 Å². The molecule has 0 spiro atoms. The van der Waals surface area contributed by atoms with Crippen molar-refractivity contribution in [3.05, 3.63) is 113 Å². The number of aryl methyl sites for hydroxylation is 1. The number of methoxy groups -OCH3 is 2. The Morgan fingerprint density at radius 3 is 2.46 bits per heavy atom. The van der Waals surface area contributed by atoms with Crippen LogP contribution in [0.4, 0.5) is 18.9 Å². The Labute approximate surface area is 282 Å². The number of carbonyl (C=O) groups is 1. The van der Waals surface area contributed by atoms with Crippen molar-refractivity contribution in [3.63, 3.8) is 0 Å². The second-order valence-corrected chi connectivity index (χ2v) is 13.0. The molecule has 0 N–H and O–H groups in total. The number of esters is 1. The van der Waals surface area contributed by atoms with Crippen LogP contribution in [0.3, 0.4) is 0 Å². The molecule has 0 fully saturated rings. The van der Waals surface area contributed by atoms with E-state index in [1.807, 2.05) is 49.3 Å². The molecule has 2 aromatic heterocycles. The molecule has 4 aromatic rings. The first-order valence-electron chi connectivity index (χ1n) is 14.4. The van der Waals surface area contributed by atoms with Crippen molar-refractivity contribution in [2.75, 3.05) is 33.2 Å². The van der Waals surface area contributed by atoms with Crippen LogP contribution in [0.2, 0.25) is 0 Å². The van der Waals surface area contributed by atoms with Gasteiger partial charge in [0.2, 0.25) is 0 Å². The van der Waals surface area contributed by atoms with E-state index in [0.717, 1.165) is 23.5 Å². The molecule has 0 saturated carbocycles. The molecule has 0 radical (unpaired) electrons. The molecule has 14 heteroatoms. The molecule has 0 amide bonds. The lowest BCUT2D eigenvalue weighted by molar-refractivity contribution is -0.141. The van der Waals surface area contributed by atoms with Gasteiger partial charge in [-0.3, -0.25) is 9.36 Å². The Morgan fingerprint density at radius 1 is 1.15 bits per heavy atom. The first-order valence-corrected chi connectivity index (χ1v) is 16.2. The molecule has 248 valence electrons. The maximum Gasteiger partial charge on any atom is 0.433 e. The van der Waals surface area contributed by atoms with Gasteiger partial charge in [0.05, 0.1) is 41.6 Å². The van der Waals surface area contributed by atoms with Crippen LogP contribution in [0.5, 0.6) is 5.75 Å². The number of benzene rings is 2. The summed E-state index contributed by atoms with van der Waals surface area (Å²) in [6.45, 7) is 3.14. The Bertz CT molecular complexity index is 2160. The zero-order valence-corrected chi connectivity index (χ0v) is 28.4. The number of rotatable bonds is 8. The maximum atomic E-state index is 14.0. The molecule has 9 nitrogen and oxygen atoms in total. The number of aromatic nitrogens is 2. The Balaban J connectivity index is 1.57. The van der Waals surface area contributed by atoms with E-state index in [9.17, 15) is 28.0 Å². The van der Waals surface area contributed by atoms with Gasteiger partial charge in [-0.15, -0.1) is 11.8 Å². The highest BCUT2D eigenvalue weighted by Crippen LogP contribution is 2.35. The molecular weight excluding hydrogens is 664 g/mol. The van der Waals surface area contributed by atoms with Gasteiger partial charge in [0, 0.05) is 31.1 Å². The van der Waals surface area contributed by atoms with Crippen molar-refractivity contribution in [1.29, 1.82) is 5.26 Å². The lowest BCUT2D eigenvalue weighted by atomic mass is 9.95. The minimum atomic E-state index is -4.67. The van der Waals surface area contributed by atoms with Gasteiger partial charge in [0.25, 0.3) is 5.56 Å². The predicted octanol–water partition coefficient (Wildman–Crippen LogP) is 5.37. The van der Waals surface area contributed by atoms with Crippen molar-refractivity contribution in [1.82, 2.24) is 9.55 Å². The molecule has 5 rings (SSSR count). The van der Waals surface area contributed by atoms with Crippen molar-refractivity contribution in [2.24, 2.45) is 4.99 Å². The summed E-state index contributed by atoms with van der Waals surface area (Å²) in [7, 11) is 6.59. The molecule has 1 aliphatic heterocycles. The standard InChI is InChI=1S/C34H30F3N5O4S2/c1-18-13-27(34(35,36)37)40-30(24(18)16-38)47-17-22-14-20(7-12-25(22)45-5)15-26-31(43)42-29(21-8-10-23(11-9-21)41(3)4)28(32(44)46-6)19(2)39-33(42)48-26/h7-15,29H,17H2,1-6H3/b26-15+. The number of hydrogen-bond acceptors (Lipinski definition) is 10. The lowest BCUT2D eigenvalue weighted by Crippen LogP contribution is -2.39. The number of pyridine rings is 1. The summed E-state index contributed by atoms with van der Waals surface area (Å²) in [6.07, 6.45) is -2.98. The van der Waals surface area contributed by atoms with E-state index in [2.05, 4.69) is 9.98 Å². The highest BCUT2D eigenvalue weighted by Gasteiger charge is 2.35. The third-order valence-corrected chi connectivity index (χ3v) is 9.71. The maximum absolute atomic E-state index is 14.0. The Kier molecular flexibility index (Phi) is 9.84. The molecule has 48 heavy (non-hydrogen) atoms. The zero-order chi connectivity index (χ0) is 34.9. The highest BCUT2D eigenvalue weighted by atomic mass is 32.2. The summed E-state index contributed by atoms with van der Waals surface area (Å²) in [5, 5.41) is 9.57. The number of fused-ring (bicyclic) bond motifs is 1. The molecule has 3 heterocycles. The van der Waals surface area contributed by atoms with Gasteiger partial charge in [-0.25, -0.2) is 14.8 Å². The van der Waals surface area contributed by atoms with Crippen LogP contribution in [0.1, 0.15) is 46.5 Å². The smallest absolute Gasteiger partial charge is 0.433 e. The first kappa shape index (κ1) is 34.5. The number of hydrogen-bond donors (Lipinski definition) is 0. The summed E-state index contributed by atoms with van der Waals surface area (Å²) in [6, 6.07) is 14.8. The number of thioether (sulfide) groups is 1. The quantitative estimate of drug-likeness (QED) is 0.179. The monoisotopic (exact) mass is 693 g/mol. The number of thiazole rings is 1. The zero-order valence-electron chi connectivity index (χ0n) is 26.8. The number of ether oxygens (including phenoxy) is 2. The largest absolute Gasteiger partial charge is 0.496 e. The van der Waals surface area contributed by atoms with Gasteiger partial charge in [0.1, 0.15) is 22.5 Å². The summed E-state index contributed by atoms with van der Waals surface area (Å²) in [5.74, 6) is 0.0245. The lowest BCUT2D eigenvalue weighted by Gasteiger charge is -2.25. The molecule has 2 aromatic carbocycles. The summed E-state index contributed by atoms with van der Waals surface area (Å²) in [5.41, 5.74) is 2.41. The highest BCUT2D eigenvalue weighted by molar-refractivity contribution is 7.98. The van der Waals surface area contributed by atoms with Gasteiger partial charge < -0.3 is 14.4 Å². The minimum absolute atomic E-state index is 0.0408. The van der Waals surface area contributed by atoms with Gasteiger partial charge in [-0.1, -0.05) is 29.5 Å². The van der Waals surface area contributed by atoms with Crippen molar-refractivity contribution >= 4 is 40.8 Å². The van der Waals surface area contributed by atoms with E-state index in [1.165, 1.54) is 37.0 Å². The fourth-order valence-corrected chi connectivity index (χ4v) is 7.37. The average Bonchev–Trinajstić information content (AvgIpc) is 3.35. The Hall–Kier alpha value is -4.87. The number of halogens is 3. The molecule has 0 aliphatic carbocycles. The number of nitrogens with zero attached hydrogens (tertiary/aromatic N) is 5. The van der Waals surface area contributed by atoms with E-state index >= 15 is 0 Å². The number of alkyl halides is 3. The normalized spacial score (nSPS) is 14.7. The number of nitriles is 1. The number of allylic oxidation sites excluding steroid dienone is 1. The molecule has 0 bridgehead atoms. The third-order valence-electron chi connectivity index (χ3n) is 7.70. The van der Waals surface area contributed by atoms with Gasteiger partial charge >= 0.3 is 12.1 Å². The van der Waals surface area contributed by atoms with E-state index in [1.54, 1.807) is 31.2 Å². The van der Waals surface area contributed by atoms with Crippen LogP contribution in [-0.2, 0) is 21.5 Å². The second-order valence-electron chi connectivity index (χ2n) is 11.0. The average molecular weight is 694 g/mol. The fraction of sp³-hybridized carbons (Fsp3) is 0.265. The minimum Gasteiger partial charge on any atom is -0.496 e. The van der Waals surface area contributed by atoms with Crippen molar-refractivity contribution < 1.29 is 27.4 Å². The topological polar surface area (TPSA) is 110 Å². The van der Waals surface area contributed by atoms with Crippen LogP contribution in [0, 0.1) is 18.3 Å². The van der Waals surface area contributed by atoms with Crippen molar-refractivity contribution in [3.8, 4) is 11.8 Å². The van der Waals surface area contributed by atoms with E-state index in [0.29, 0.717) is 37.5 Å².